The van der Waals surface area contributed by atoms with Gasteiger partial charge in [-0.2, -0.15) is 0 Å². The van der Waals surface area contributed by atoms with Crippen molar-refractivity contribution in [2.75, 3.05) is 0 Å². The van der Waals surface area contributed by atoms with Crippen molar-refractivity contribution < 1.29 is 8.42 Å². The maximum absolute atomic E-state index is 12.8. The second-order valence-electron chi connectivity index (χ2n) is 6.73. The summed E-state index contributed by atoms with van der Waals surface area (Å²) in [4.78, 5) is 0.305. The van der Waals surface area contributed by atoms with E-state index in [2.05, 4.69) is 16.9 Å². The lowest BCUT2D eigenvalue weighted by Gasteiger charge is -2.16. The molecule has 0 unspecified atom stereocenters. The molecule has 0 fully saturated rings. The zero-order chi connectivity index (χ0) is 17.4. The molecule has 1 aliphatic rings. The molecule has 128 valence electrons. The van der Waals surface area contributed by atoms with E-state index in [9.17, 15) is 8.42 Å². The lowest BCUT2D eigenvalue weighted by Crippen LogP contribution is -2.27. The number of fused-ring (bicyclic) bond motifs is 2. The summed E-state index contributed by atoms with van der Waals surface area (Å²) in [5.41, 5.74) is 3.77. The van der Waals surface area contributed by atoms with Gasteiger partial charge in [-0.1, -0.05) is 48.5 Å². The fraction of sp³-hybridized carbons (Fsp3) is 0.238. The fourth-order valence-corrected chi connectivity index (χ4v) is 4.83. The number of hydrogen-bond acceptors (Lipinski definition) is 2. The average Bonchev–Trinajstić information content (AvgIpc) is 3.08. The minimum absolute atomic E-state index is 0.262. The van der Waals surface area contributed by atoms with E-state index in [0.29, 0.717) is 4.90 Å². The fourth-order valence-electron chi connectivity index (χ4n) is 3.56. The Kier molecular flexibility index (Phi) is 4.10. The van der Waals surface area contributed by atoms with E-state index >= 15 is 0 Å². The third kappa shape index (κ3) is 3.20. The molecule has 4 rings (SSSR count). The quantitative estimate of drug-likeness (QED) is 0.759. The second-order valence-corrected chi connectivity index (χ2v) is 8.45. The van der Waals surface area contributed by atoms with Crippen LogP contribution in [0.1, 0.15) is 36.1 Å². The summed E-state index contributed by atoms with van der Waals surface area (Å²) in [6.07, 6.45) is 3.41. The summed E-state index contributed by atoms with van der Waals surface area (Å²) in [6, 6.07) is 19.1. The first-order chi connectivity index (χ1) is 12.0. The standard InChI is InChI=1S/C21H21NO2S/c1-15(18-10-9-17-7-4-8-19(17)13-18)22-25(23,24)21-12-11-16-5-2-3-6-20(16)14-21/h2-3,5-6,9-15,22H,4,7-8H2,1H3/t15-/m1/s1. The van der Waals surface area contributed by atoms with Gasteiger partial charge < -0.3 is 0 Å². The van der Waals surface area contributed by atoms with Crippen LogP contribution in [0, 0.1) is 0 Å². The van der Waals surface area contributed by atoms with Gasteiger partial charge in [-0.3, -0.25) is 0 Å². The smallest absolute Gasteiger partial charge is 0.207 e. The van der Waals surface area contributed by atoms with E-state index in [1.807, 2.05) is 43.3 Å². The number of aryl methyl sites for hydroxylation is 2. The molecule has 0 radical (unpaired) electrons. The van der Waals surface area contributed by atoms with Crippen LogP contribution in [0.15, 0.2) is 65.6 Å². The van der Waals surface area contributed by atoms with Crippen LogP contribution >= 0.6 is 0 Å². The second kappa shape index (κ2) is 6.28. The van der Waals surface area contributed by atoms with Crippen molar-refractivity contribution >= 4 is 20.8 Å². The first-order valence-corrected chi connectivity index (χ1v) is 10.1. The van der Waals surface area contributed by atoms with E-state index in [-0.39, 0.29) is 6.04 Å². The molecule has 25 heavy (non-hydrogen) atoms. The minimum atomic E-state index is -3.56. The summed E-state index contributed by atoms with van der Waals surface area (Å²) in [7, 11) is -3.56. The van der Waals surface area contributed by atoms with Gasteiger partial charge in [0.1, 0.15) is 0 Å². The molecular formula is C21H21NO2S. The monoisotopic (exact) mass is 351 g/mol. The SMILES string of the molecule is C[C@@H](NS(=O)(=O)c1ccc2ccccc2c1)c1ccc2c(c1)CCC2. The van der Waals surface area contributed by atoms with Gasteiger partial charge in [0.25, 0.3) is 0 Å². The van der Waals surface area contributed by atoms with Crippen molar-refractivity contribution in [3.8, 4) is 0 Å². The van der Waals surface area contributed by atoms with Crippen molar-refractivity contribution in [1.82, 2.24) is 4.72 Å². The highest BCUT2D eigenvalue weighted by Gasteiger charge is 2.20. The number of sulfonamides is 1. The molecule has 4 heteroatoms. The van der Waals surface area contributed by atoms with Gasteiger partial charge >= 0.3 is 0 Å². The molecule has 1 N–H and O–H groups in total. The van der Waals surface area contributed by atoms with Crippen LogP contribution in [-0.4, -0.2) is 8.42 Å². The van der Waals surface area contributed by atoms with Crippen molar-refractivity contribution in [2.24, 2.45) is 0 Å². The van der Waals surface area contributed by atoms with Gasteiger partial charge in [0, 0.05) is 6.04 Å². The largest absolute Gasteiger partial charge is 0.241 e. The Hall–Kier alpha value is -2.17. The molecule has 0 aromatic heterocycles. The first-order valence-electron chi connectivity index (χ1n) is 8.66. The Labute approximate surface area is 148 Å². The average molecular weight is 351 g/mol. The van der Waals surface area contributed by atoms with Crippen LogP contribution in [0.25, 0.3) is 10.8 Å². The van der Waals surface area contributed by atoms with E-state index in [1.165, 1.54) is 17.5 Å². The van der Waals surface area contributed by atoms with E-state index in [4.69, 9.17) is 0 Å². The third-order valence-electron chi connectivity index (χ3n) is 4.99. The van der Waals surface area contributed by atoms with Crippen molar-refractivity contribution in [3.63, 3.8) is 0 Å². The highest BCUT2D eigenvalue weighted by atomic mass is 32.2. The molecule has 3 aromatic carbocycles. The van der Waals surface area contributed by atoms with Crippen LogP contribution in [-0.2, 0) is 22.9 Å². The molecule has 0 aliphatic heterocycles. The third-order valence-corrected chi connectivity index (χ3v) is 6.52. The van der Waals surface area contributed by atoms with Crippen LogP contribution in [0.3, 0.4) is 0 Å². The van der Waals surface area contributed by atoms with Gasteiger partial charge in [0.2, 0.25) is 10.0 Å². The normalized spacial score (nSPS) is 15.2. The molecule has 3 nitrogen and oxygen atoms in total. The van der Waals surface area contributed by atoms with Crippen molar-refractivity contribution in [1.29, 1.82) is 0 Å². The van der Waals surface area contributed by atoms with Crippen molar-refractivity contribution in [2.45, 2.75) is 37.1 Å². The van der Waals surface area contributed by atoms with E-state index < -0.39 is 10.0 Å². The predicted molar refractivity (Wildman–Crippen MR) is 101 cm³/mol. The Balaban J connectivity index is 1.61. The maximum Gasteiger partial charge on any atom is 0.241 e. The lowest BCUT2D eigenvalue weighted by atomic mass is 10.0. The number of benzene rings is 3. The minimum Gasteiger partial charge on any atom is -0.207 e. The van der Waals surface area contributed by atoms with Crippen molar-refractivity contribution in [3.05, 3.63) is 77.4 Å². The number of nitrogens with one attached hydrogen (secondary N) is 1. The molecular weight excluding hydrogens is 330 g/mol. The number of rotatable bonds is 4. The number of hydrogen-bond donors (Lipinski definition) is 1. The van der Waals surface area contributed by atoms with Crippen LogP contribution < -0.4 is 4.72 Å². The molecule has 1 atom stereocenters. The summed E-state index contributed by atoms with van der Waals surface area (Å²) >= 11 is 0. The van der Waals surface area contributed by atoms with Gasteiger partial charge in [-0.15, -0.1) is 0 Å². The topological polar surface area (TPSA) is 46.2 Å². The van der Waals surface area contributed by atoms with Gasteiger partial charge in [0.15, 0.2) is 0 Å². The molecule has 0 amide bonds. The maximum atomic E-state index is 12.8. The zero-order valence-corrected chi connectivity index (χ0v) is 15.0. The zero-order valence-electron chi connectivity index (χ0n) is 14.2. The van der Waals surface area contributed by atoms with Crippen LogP contribution in [0.4, 0.5) is 0 Å². The molecule has 3 aromatic rings. The van der Waals surface area contributed by atoms with Gasteiger partial charge in [-0.25, -0.2) is 13.1 Å². The van der Waals surface area contributed by atoms with Gasteiger partial charge in [-0.05, 0) is 65.8 Å². The molecule has 0 spiro atoms. The van der Waals surface area contributed by atoms with E-state index in [0.717, 1.165) is 29.2 Å². The Morgan fingerprint density at radius 3 is 2.48 bits per heavy atom. The molecule has 1 aliphatic carbocycles. The highest BCUT2D eigenvalue weighted by molar-refractivity contribution is 7.89. The Morgan fingerprint density at radius 2 is 1.64 bits per heavy atom. The molecule has 0 heterocycles. The Morgan fingerprint density at radius 1 is 0.880 bits per heavy atom. The van der Waals surface area contributed by atoms with Crippen LogP contribution in [0.2, 0.25) is 0 Å². The van der Waals surface area contributed by atoms with Crippen LogP contribution in [0.5, 0.6) is 0 Å². The predicted octanol–water partition coefficient (Wildman–Crippen LogP) is 4.37. The molecule has 0 bridgehead atoms. The highest BCUT2D eigenvalue weighted by Crippen LogP contribution is 2.26. The Bertz CT molecular complexity index is 1040. The van der Waals surface area contributed by atoms with E-state index in [1.54, 1.807) is 12.1 Å². The lowest BCUT2D eigenvalue weighted by molar-refractivity contribution is 0.567. The van der Waals surface area contributed by atoms with Gasteiger partial charge in [0.05, 0.1) is 4.90 Å². The summed E-state index contributed by atoms with van der Waals surface area (Å²) in [6.45, 7) is 1.90. The molecule has 0 saturated heterocycles. The summed E-state index contributed by atoms with van der Waals surface area (Å²) in [5, 5.41) is 1.96. The first kappa shape index (κ1) is 16.3. The summed E-state index contributed by atoms with van der Waals surface area (Å²) < 4.78 is 28.4. The summed E-state index contributed by atoms with van der Waals surface area (Å²) in [5.74, 6) is 0. The molecule has 0 saturated carbocycles.